The van der Waals surface area contributed by atoms with Gasteiger partial charge in [-0.25, -0.2) is 0 Å². The molecule has 0 radical (unpaired) electrons. The summed E-state index contributed by atoms with van der Waals surface area (Å²) in [4.78, 5) is 24.6. The Bertz CT molecular complexity index is 1620. The van der Waals surface area contributed by atoms with Crippen LogP contribution in [-0.4, -0.2) is 36.4 Å². The molecular formula is C77H132O5. The second-order valence-electron chi connectivity index (χ2n) is 23.2. The SMILES string of the molecule is CC/C=C\C/C=C\C/C=C\C/C=C\C/C=C\CCCCCCCCCCCCCCCCCCCCCCCCCCCC(=O)OC(CO)COC(=O)CCCCCCCCCCCCC/C=C\C/C=C\C/C=C\C/C=C\C/C=C\CC. The Balaban J connectivity index is 3.43. The highest BCUT2D eigenvalue weighted by atomic mass is 16.6. The van der Waals surface area contributed by atoms with E-state index >= 15 is 0 Å². The fraction of sp³-hybridized carbons (Fsp3) is 0.714. The van der Waals surface area contributed by atoms with Gasteiger partial charge in [-0.1, -0.05) is 341 Å². The van der Waals surface area contributed by atoms with Crippen molar-refractivity contribution in [1.29, 1.82) is 0 Å². The molecule has 1 N–H and O–H groups in total. The Morgan fingerprint density at radius 3 is 0.732 bits per heavy atom. The lowest BCUT2D eigenvalue weighted by atomic mass is 10.0. The molecular weight excluding hydrogens is 1000 g/mol. The first kappa shape index (κ1) is 78.3. The molecule has 1 atom stereocenters. The van der Waals surface area contributed by atoms with E-state index in [1.807, 2.05) is 0 Å². The fourth-order valence-electron chi connectivity index (χ4n) is 10.1. The number of unbranched alkanes of at least 4 members (excludes halogenated alkanes) is 36. The molecule has 0 aliphatic heterocycles. The monoisotopic (exact) mass is 1140 g/mol. The van der Waals surface area contributed by atoms with Crippen molar-refractivity contribution in [2.45, 2.75) is 341 Å². The molecule has 0 bridgehead atoms. The summed E-state index contributed by atoms with van der Waals surface area (Å²) in [6.45, 7) is 3.94. The van der Waals surface area contributed by atoms with Gasteiger partial charge in [-0.15, -0.1) is 0 Å². The van der Waals surface area contributed by atoms with Gasteiger partial charge in [0.1, 0.15) is 6.61 Å². The molecule has 1 unspecified atom stereocenters. The highest BCUT2D eigenvalue weighted by Gasteiger charge is 2.16. The summed E-state index contributed by atoms with van der Waals surface area (Å²) in [5.41, 5.74) is 0. The predicted molar refractivity (Wildman–Crippen MR) is 362 cm³/mol. The largest absolute Gasteiger partial charge is 0.462 e. The van der Waals surface area contributed by atoms with Crippen molar-refractivity contribution in [3.63, 3.8) is 0 Å². The van der Waals surface area contributed by atoms with E-state index in [1.54, 1.807) is 0 Å². The van der Waals surface area contributed by atoms with Crippen LogP contribution in [0.5, 0.6) is 0 Å². The molecule has 0 aromatic rings. The first-order chi connectivity index (χ1) is 40.6. The van der Waals surface area contributed by atoms with Crippen molar-refractivity contribution >= 4 is 11.9 Å². The van der Waals surface area contributed by atoms with Crippen molar-refractivity contribution in [1.82, 2.24) is 0 Å². The summed E-state index contributed by atoms with van der Waals surface area (Å²) in [5.74, 6) is -0.584. The van der Waals surface area contributed by atoms with E-state index in [0.29, 0.717) is 12.8 Å². The zero-order valence-electron chi connectivity index (χ0n) is 54.0. The molecule has 0 saturated carbocycles. The van der Waals surface area contributed by atoms with Gasteiger partial charge in [-0.3, -0.25) is 9.59 Å². The normalized spacial score (nSPS) is 13.0. The molecule has 0 rings (SSSR count). The van der Waals surface area contributed by atoms with Crippen LogP contribution in [0.15, 0.2) is 122 Å². The molecule has 0 fully saturated rings. The molecule has 5 nitrogen and oxygen atoms in total. The number of aliphatic hydroxyl groups is 1. The highest BCUT2D eigenvalue weighted by molar-refractivity contribution is 5.70. The van der Waals surface area contributed by atoms with E-state index in [9.17, 15) is 14.7 Å². The number of carbonyl (C=O) groups is 2. The molecule has 0 aromatic heterocycles. The maximum Gasteiger partial charge on any atom is 0.306 e. The number of hydrogen-bond acceptors (Lipinski definition) is 5. The van der Waals surface area contributed by atoms with Gasteiger partial charge in [0.25, 0.3) is 0 Å². The average molecular weight is 1140 g/mol. The average Bonchev–Trinajstić information content (AvgIpc) is 3.49. The summed E-state index contributed by atoms with van der Waals surface area (Å²) in [7, 11) is 0. The summed E-state index contributed by atoms with van der Waals surface area (Å²) >= 11 is 0. The van der Waals surface area contributed by atoms with Crippen LogP contribution in [0.2, 0.25) is 0 Å². The van der Waals surface area contributed by atoms with E-state index in [2.05, 4.69) is 135 Å². The third kappa shape index (κ3) is 68.8. The maximum atomic E-state index is 12.4. The molecule has 0 heterocycles. The van der Waals surface area contributed by atoms with E-state index < -0.39 is 6.10 Å². The summed E-state index contributed by atoms with van der Waals surface area (Å²) in [5, 5.41) is 9.70. The molecule has 5 heteroatoms. The minimum absolute atomic E-state index is 0.0688. The van der Waals surface area contributed by atoms with E-state index in [0.717, 1.165) is 103 Å². The number of esters is 2. The van der Waals surface area contributed by atoms with Gasteiger partial charge < -0.3 is 14.6 Å². The van der Waals surface area contributed by atoms with Crippen molar-refractivity contribution in [2.75, 3.05) is 13.2 Å². The van der Waals surface area contributed by atoms with Crippen LogP contribution in [0.25, 0.3) is 0 Å². The third-order valence-corrected chi connectivity index (χ3v) is 15.3. The van der Waals surface area contributed by atoms with Crippen LogP contribution in [-0.2, 0) is 19.1 Å². The third-order valence-electron chi connectivity index (χ3n) is 15.3. The lowest BCUT2D eigenvalue weighted by Gasteiger charge is -2.15. The summed E-state index contributed by atoms with van der Waals surface area (Å²) in [6, 6.07) is 0. The fourth-order valence-corrected chi connectivity index (χ4v) is 10.1. The number of rotatable bonds is 64. The smallest absolute Gasteiger partial charge is 0.306 e. The molecule has 0 aliphatic carbocycles. The van der Waals surface area contributed by atoms with Crippen molar-refractivity contribution in [2.24, 2.45) is 0 Å². The van der Waals surface area contributed by atoms with E-state index in [1.165, 1.54) is 205 Å². The van der Waals surface area contributed by atoms with Crippen LogP contribution < -0.4 is 0 Å². The Labute approximate surface area is 509 Å². The molecule has 82 heavy (non-hydrogen) atoms. The van der Waals surface area contributed by atoms with Crippen LogP contribution >= 0.6 is 0 Å². The van der Waals surface area contributed by atoms with Gasteiger partial charge in [0.15, 0.2) is 6.10 Å². The zero-order chi connectivity index (χ0) is 59.1. The molecule has 0 spiro atoms. The molecule has 0 amide bonds. The maximum absolute atomic E-state index is 12.4. The van der Waals surface area contributed by atoms with Crippen molar-refractivity contribution in [3.05, 3.63) is 122 Å². The second-order valence-corrected chi connectivity index (χ2v) is 23.2. The molecule has 0 saturated heterocycles. The first-order valence-electron chi connectivity index (χ1n) is 35.1. The first-order valence-corrected chi connectivity index (χ1v) is 35.1. The summed E-state index contributed by atoms with van der Waals surface area (Å²) < 4.78 is 10.8. The number of allylic oxidation sites excluding steroid dienone is 20. The van der Waals surface area contributed by atoms with Gasteiger partial charge in [0.2, 0.25) is 0 Å². The van der Waals surface area contributed by atoms with Crippen LogP contribution in [0, 0.1) is 0 Å². The van der Waals surface area contributed by atoms with Gasteiger partial charge in [0.05, 0.1) is 6.61 Å². The van der Waals surface area contributed by atoms with Gasteiger partial charge in [-0.05, 0) is 103 Å². The Morgan fingerprint density at radius 2 is 0.488 bits per heavy atom. The number of hydrogen-bond donors (Lipinski definition) is 1. The predicted octanol–water partition coefficient (Wildman–Crippen LogP) is 24.5. The number of carbonyl (C=O) groups excluding carboxylic acids is 2. The van der Waals surface area contributed by atoms with E-state index in [4.69, 9.17) is 9.47 Å². The quantitative estimate of drug-likeness (QED) is 0.0373. The van der Waals surface area contributed by atoms with Gasteiger partial charge in [0, 0.05) is 12.8 Å². The molecule has 0 aromatic carbocycles. The van der Waals surface area contributed by atoms with Crippen LogP contribution in [0.4, 0.5) is 0 Å². The Morgan fingerprint density at radius 1 is 0.280 bits per heavy atom. The van der Waals surface area contributed by atoms with Gasteiger partial charge in [-0.2, -0.15) is 0 Å². The topological polar surface area (TPSA) is 72.8 Å². The van der Waals surface area contributed by atoms with Crippen LogP contribution in [0.1, 0.15) is 335 Å². The number of ether oxygens (including phenoxy) is 2. The Hall–Kier alpha value is -3.70. The minimum Gasteiger partial charge on any atom is -0.462 e. The number of aliphatic hydroxyl groups excluding tert-OH is 1. The molecule has 470 valence electrons. The van der Waals surface area contributed by atoms with Crippen molar-refractivity contribution < 1.29 is 24.2 Å². The zero-order valence-corrected chi connectivity index (χ0v) is 54.0. The van der Waals surface area contributed by atoms with Crippen molar-refractivity contribution in [3.8, 4) is 0 Å². The second kappa shape index (κ2) is 71.6. The lowest BCUT2D eigenvalue weighted by Crippen LogP contribution is -2.28. The lowest BCUT2D eigenvalue weighted by molar-refractivity contribution is -0.161. The summed E-state index contributed by atoms with van der Waals surface area (Å²) in [6.07, 6.45) is 105. The standard InChI is InChI=1S/C77H132O5/c1-3-5-7-9-11-13-15-17-19-21-23-25-27-29-31-32-33-34-35-36-37-38-39-40-41-42-43-44-46-48-50-52-54-56-58-60-62-64-66-68-70-72-77(80)82-75(73-78)74-81-76(79)71-69-67-65-63-61-59-57-55-53-51-49-47-45-30-28-26-24-22-20-18-16-14-12-10-8-6-4-2/h5-8,11-14,17-20,23-26,29-31,45,75,78H,3-4,9-10,15-16,21-22,27-28,32-44,46-74H2,1-2H3/b7-5-,8-6-,13-11-,14-12-,19-17-,20-18-,25-23-,26-24-,31-29-,45-30-. The van der Waals surface area contributed by atoms with Gasteiger partial charge >= 0.3 is 11.9 Å². The highest BCUT2D eigenvalue weighted by Crippen LogP contribution is 2.18. The van der Waals surface area contributed by atoms with E-state index in [-0.39, 0.29) is 25.2 Å². The van der Waals surface area contributed by atoms with Crippen LogP contribution in [0.3, 0.4) is 0 Å². The minimum atomic E-state index is -0.779. The Kier molecular flexibility index (Phi) is 68.3. The molecule has 0 aliphatic rings.